The lowest BCUT2D eigenvalue weighted by Gasteiger charge is -2.31. The topological polar surface area (TPSA) is 430 Å². The summed E-state index contributed by atoms with van der Waals surface area (Å²) in [5, 5.41) is 18.6. The Bertz CT molecular complexity index is 2610. The first-order valence-corrected chi connectivity index (χ1v) is 30.7. The third-order valence-electron chi connectivity index (χ3n) is 12.6. The Morgan fingerprint density at radius 1 is 0.637 bits per heavy atom. The van der Waals surface area contributed by atoms with Crippen molar-refractivity contribution in [3.05, 3.63) is 71.8 Å². The zero-order valence-electron chi connectivity index (χ0n) is 44.5. The van der Waals surface area contributed by atoms with E-state index in [-0.39, 0.29) is 117 Å². The first-order valence-electron chi connectivity index (χ1n) is 25.9. The van der Waals surface area contributed by atoms with Crippen molar-refractivity contribution in [2.75, 3.05) is 59.9 Å². The average molecular weight is 1190 g/mol. The van der Waals surface area contributed by atoms with Gasteiger partial charge < -0.3 is 70.8 Å². The Hall–Kier alpha value is -6.79. The van der Waals surface area contributed by atoms with Crippen LogP contribution in [0.5, 0.6) is 0 Å². The molecule has 2 aliphatic heterocycles. The fourth-order valence-corrected chi connectivity index (χ4v) is 13.2. The molecule has 0 unspecified atom stereocenters. The van der Waals surface area contributed by atoms with Crippen molar-refractivity contribution in [3.63, 3.8) is 0 Å². The summed E-state index contributed by atoms with van der Waals surface area (Å²) < 4.78 is 26.4. The Morgan fingerprint density at radius 2 is 1.10 bits per heavy atom. The molecule has 2 heterocycles. The minimum atomic E-state index is -3.72. The third-order valence-corrected chi connectivity index (χ3v) is 17.3. The fourth-order valence-electron chi connectivity index (χ4n) is 8.48. The van der Waals surface area contributed by atoms with Crippen LogP contribution in [0.3, 0.4) is 0 Å². The number of guanidine groups is 2. The van der Waals surface area contributed by atoms with Crippen LogP contribution in [-0.4, -0.2) is 187 Å². The van der Waals surface area contributed by atoms with Crippen molar-refractivity contribution < 1.29 is 51.6 Å². The van der Waals surface area contributed by atoms with E-state index in [4.69, 9.17) is 28.7 Å². The van der Waals surface area contributed by atoms with Crippen LogP contribution in [0.1, 0.15) is 56.6 Å². The predicted molar refractivity (Wildman–Crippen MR) is 310 cm³/mol. The number of nitrogens with zero attached hydrogens (tertiary/aromatic N) is 3. The highest BCUT2D eigenvalue weighted by Crippen LogP contribution is 2.21. The molecule has 4 rings (SSSR count). The van der Waals surface area contributed by atoms with E-state index >= 15 is 0 Å². The van der Waals surface area contributed by atoms with Gasteiger partial charge in [-0.05, 0) is 49.7 Å². The van der Waals surface area contributed by atoms with Crippen LogP contribution in [0, 0.1) is 0 Å². The van der Waals surface area contributed by atoms with Gasteiger partial charge in [0.15, 0.2) is 21.8 Å². The van der Waals surface area contributed by atoms with E-state index in [2.05, 4.69) is 59.8 Å². The van der Waals surface area contributed by atoms with E-state index < -0.39 is 111 Å². The molecular formula is C50H75N15O11S4. The summed E-state index contributed by atoms with van der Waals surface area (Å²) in [5.74, 6) is -8.58. The maximum Gasteiger partial charge on any atom is 0.246 e. The molecule has 17 N–H and O–H groups in total. The summed E-state index contributed by atoms with van der Waals surface area (Å²) >= 11 is 6.46. The van der Waals surface area contributed by atoms with Gasteiger partial charge in [0.1, 0.15) is 48.3 Å². The van der Waals surface area contributed by atoms with Crippen LogP contribution in [0.2, 0.25) is 0 Å². The molecule has 2 aromatic rings. The number of carbonyl (C=O) groups excluding carboxylic acids is 9. The molecule has 0 bridgehead atoms. The summed E-state index contributed by atoms with van der Waals surface area (Å²) in [4.78, 5) is 134. The van der Waals surface area contributed by atoms with Crippen molar-refractivity contribution in [1.82, 2.24) is 42.1 Å². The molecule has 0 aliphatic carbocycles. The maximum absolute atomic E-state index is 14.7. The summed E-state index contributed by atoms with van der Waals surface area (Å²) in [6, 6.07) is 6.91. The third kappa shape index (κ3) is 23.1. The predicted octanol–water partition coefficient (Wildman–Crippen LogP) is -3.71. The number of carbonyl (C=O) groups is 9. The van der Waals surface area contributed by atoms with E-state index in [0.29, 0.717) is 17.5 Å². The van der Waals surface area contributed by atoms with Gasteiger partial charge in [-0.1, -0.05) is 60.7 Å². The van der Waals surface area contributed by atoms with E-state index in [1.807, 2.05) is 0 Å². The molecule has 2 aromatic carbocycles. The molecule has 440 valence electrons. The highest BCUT2D eigenvalue weighted by molar-refractivity contribution is 8.02. The number of sulfone groups is 1. The molecule has 0 aromatic heterocycles. The van der Waals surface area contributed by atoms with Crippen molar-refractivity contribution in [2.24, 2.45) is 38.7 Å². The molecule has 0 spiro atoms. The lowest BCUT2D eigenvalue weighted by atomic mass is 10.0. The number of thiol groups is 1. The Morgan fingerprint density at radius 3 is 1.61 bits per heavy atom. The van der Waals surface area contributed by atoms with Crippen molar-refractivity contribution in [1.29, 1.82) is 0 Å². The summed E-state index contributed by atoms with van der Waals surface area (Å²) in [6.45, 7) is 1.39. The van der Waals surface area contributed by atoms with Crippen LogP contribution in [0.15, 0.2) is 70.6 Å². The minimum absolute atomic E-state index is 0.000830. The lowest BCUT2D eigenvalue weighted by molar-refractivity contribution is -0.142. The number of thioether (sulfide) groups is 2. The van der Waals surface area contributed by atoms with Gasteiger partial charge in [-0.25, -0.2) is 8.42 Å². The monoisotopic (exact) mass is 1190 g/mol. The van der Waals surface area contributed by atoms with Crippen LogP contribution >= 0.6 is 36.2 Å². The Kier molecular flexibility index (Phi) is 27.7. The molecule has 2 saturated heterocycles. The first kappa shape index (κ1) is 65.7. The van der Waals surface area contributed by atoms with Crippen LogP contribution in [0.4, 0.5) is 0 Å². The maximum atomic E-state index is 14.7. The number of hydrogen-bond donors (Lipinski definition) is 13. The first-order chi connectivity index (χ1) is 38.1. The SMILES string of the molecule is CC(=O)N[C@H]1CSCCS(=O)(=O)CCSC[C@@H](C(N)=O)NC(=O)[C@H](Cc2ccccc2)NC(=O)[C@H](CCCN=C(N)N)NC(=O)[C@H](CS)NC(=O)[C@H](CCCN=C(N)N)NC(=O)[C@@H]2CCCN2C(=O)[C@H](Cc2ccccc2)NC1=O. The van der Waals surface area contributed by atoms with Gasteiger partial charge in [-0.3, -0.25) is 53.1 Å². The normalized spacial score (nSPS) is 24.6. The standard InChI is InChI=1S/C50H75N15O11S4/c1-30(66)58-39-29-79-22-24-80(75,76)23-21-78-28-38(41(51)67)64-44(70)35(25-31-11-4-2-5-12-31)61-42(68)33(15-8-18-56-49(52)53)59-45(71)37(27-77)63-43(69)34(16-9-19-57-50(54)55)60-47(73)40-17-10-20-65(40)48(74)36(62-46(39)72)26-32-13-6-3-7-14-32/h2-7,11-14,33-40,77H,8-10,15-29H2,1H3,(H2,51,67)(H,58,66)(H,59,71)(H,60,73)(H,61,68)(H,62,72)(H,63,69)(H,64,70)(H4,52,53,56)(H4,54,55,57)/t33-,34-,35-,36-,37-,38-,39-,40-/m0/s1. The van der Waals surface area contributed by atoms with Gasteiger partial charge in [0.05, 0.1) is 11.5 Å². The number of aliphatic imine (C=N–C) groups is 2. The Balaban J connectivity index is 1.74. The van der Waals surface area contributed by atoms with Crippen molar-refractivity contribution in [3.8, 4) is 0 Å². The number of amides is 9. The number of benzene rings is 2. The number of primary amides is 1. The summed E-state index contributed by atoms with van der Waals surface area (Å²) in [6.07, 6.45) is 0.582. The molecule has 0 radical (unpaired) electrons. The minimum Gasteiger partial charge on any atom is -0.370 e. The van der Waals surface area contributed by atoms with Gasteiger partial charge in [-0.2, -0.15) is 36.2 Å². The highest BCUT2D eigenvalue weighted by Gasteiger charge is 2.40. The Labute approximate surface area is 479 Å². The molecular weight excluding hydrogens is 1110 g/mol. The number of rotatable bonds is 15. The second-order valence-corrected chi connectivity index (χ2v) is 23.9. The van der Waals surface area contributed by atoms with Crippen molar-refractivity contribution in [2.45, 2.75) is 107 Å². The van der Waals surface area contributed by atoms with E-state index in [9.17, 15) is 51.6 Å². The van der Waals surface area contributed by atoms with Crippen LogP contribution < -0.4 is 65.9 Å². The van der Waals surface area contributed by atoms with Gasteiger partial charge in [0.2, 0.25) is 53.2 Å². The van der Waals surface area contributed by atoms with Crippen LogP contribution in [-0.2, 0) is 65.8 Å². The fraction of sp³-hybridized carbons (Fsp3) is 0.540. The molecule has 30 heteroatoms. The quantitative estimate of drug-likeness (QED) is 0.0353. The average Bonchev–Trinajstić information content (AvgIpc) is 3.91. The smallest absolute Gasteiger partial charge is 0.246 e. The van der Waals surface area contributed by atoms with Gasteiger partial charge in [-0.15, -0.1) is 0 Å². The summed E-state index contributed by atoms with van der Waals surface area (Å²) in [5.41, 5.74) is 29.1. The second-order valence-electron chi connectivity index (χ2n) is 19.0. The van der Waals surface area contributed by atoms with E-state index in [0.717, 1.165) is 23.5 Å². The number of fused-ring (bicyclic) bond motifs is 1. The molecule has 2 fully saturated rings. The number of hydrogen-bond acceptors (Lipinski definition) is 16. The molecule has 0 saturated carbocycles. The van der Waals surface area contributed by atoms with Crippen molar-refractivity contribution >= 4 is 111 Å². The summed E-state index contributed by atoms with van der Waals surface area (Å²) in [7, 11) is -3.72. The lowest BCUT2D eigenvalue weighted by Crippen LogP contribution is -2.60. The number of nitrogens with one attached hydrogen (secondary N) is 7. The molecule has 80 heavy (non-hydrogen) atoms. The highest BCUT2D eigenvalue weighted by atomic mass is 32.2. The van der Waals surface area contributed by atoms with Gasteiger partial charge in [0.25, 0.3) is 0 Å². The van der Waals surface area contributed by atoms with E-state index in [1.165, 1.54) is 11.8 Å². The zero-order valence-corrected chi connectivity index (χ0v) is 47.9. The van der Waals surface area contributed by atoms with E-state index in [1.54, 1.807) is 60.7 Å². The van der Waals surface area contributed by atoms with Gasteiger partial charge >= 0.3 is 0 Å². The molecule has 9 amide bonds. The zero-order chi connectivity index (χ0) is 58.8. The largest absolute Gasteiger partial charge is 0.370 e. The van der Waals surface area contributed by atoms with Gasteiger partial charge in [0, 0.05) is 68.2 Å². The molecule has 8 atom stereocenters. The second kappa shape index (κ2) is 33.7. The molecule has 2 aliphatic rings. The molecule has 26 nitrogen and oxygen atoms in total. The van der Waals surface area contributed by atoms with Crippen LogP contribution in [0.25, 0.3) is 0 Å². The number of nitrogens with two attached hydrogens (primary N) is 5.